The predicted octanol–water partition coefficient (Wildman–Crippen LogP) is 43.3. The zero-order chi connectivity index (χ0) is 95.8. The molecule has 15 heteroatoms. The van der Waals surface area contributed by atoms with Gasteiger partial charge in [-0.3, -0.25) is 0 Å². The molecule has 1 aliphatic heterocycles. The smallest absolute Gasteiger partial charge is 0.144 e. The fourth-order valence-corrected chi connectivity index (χ4v) is 31.3. The first-order valence-corrected chi connectivity index (χ1v) is 55.6. The largest absolute Gasteiger partial charge is 0.455 e. The van der Waals surface area contributed by atoms with E-state index in [4.69, 9.17) is 50.8 Å². The Bertz CT molecular complexity index is 9890. The van der Waals surface area contributed by atoms with E-state index in [1.54, 1.807) is 0 Å². The number of nitrogens with zero attached hydrogens (tertiary/aromatic N) is 1. The van der Waals surface area contributed by atoms with Gasteiger partial charge in [-0.2, -0.15) is 0 Å². The molecule has 0 atom stereocenters. The van der Waals surface area contributed by atoms with Crippen molar-refractivity contribution in [1.29, 1.82) is 0 Å². The third kappa shape index (κ3) is 14.6. The average molecular weight is 2260 g/mol. The minimum atomic E-state index is -0.544. The minimum Gasteiger partial charge on any atom is -0.455 e. The van der Waals surface area contributed by atoms with Gasteiger partial charge in [0.2, 0.25) is 0 Å². The molecule has 0 fully saturated rings. The zero-order valence-corrected chi connectivity index (χ0v) is 88.9. The number of halogens is 8. The number of para-hydroxylation sites is 4. The number of hydrogen-bond donors (Lipinski definition) is 0. The Hall–Kier alpha value is -12.6. The van der Waals surface area contributed by atoms with Gasteiger partial charge in [-0.1, -0.05) is 359 Å². The highest BCUT2D eigenvalue weighted by atomic mass is 79.9. The summed E-state index contributed by atoms with van der Waals surface area (Å²) in [7, 11) is 0. The molecule has 27 aromatic rings. The fraction of sp³-hybridized carbons (Fsp3) is 0.0156. The van der Waals surface area contributed by atoms with Crippen molar-refractivity contribution in [3.63, 3.8) is 0 Å². The Morgan fingerprint density at radius 3 is 1.38 bits per heavy atom. The lowest BCUT2D eigenvalue weighted by Gasteiger charge is -2.45. The molecule has 0 radical (unpaired) electrons. The number of benzene rings is 21. The summed E-state index contributed by atoms with van der Waals surface area (Å²) in [5, 5.41) is 17.9. The highest BCUT2D eigenvalue weighted by molar-refractivity contribution is 9.11. The predicted molar refractivity (Wildman–Crippen MR) is 633 cm³/mol. The molecule has 3 aliphatic rings. The molecule has 2 aliphatic carbocycles. The van der Waals surface area contributed by atoms with E-state index in [0.29, 0.717) is 5.02 Å². The average Bonchev–Trinajstić information content (AvgIpc) is 1.55. The first kappa shape index (κ1) is 89.3. The molecule has 7 heterocycles. The maximum atomic E-state index is 7.25. The van der Waals surface area contributed by atoms with Crippen molar-refractivity contribution in [2.75, 3.05) is 4.90 Å². The normalized spacial score (nSPS) is 13.0. The molecule has 0 N–H and O–H groups in total. The molecule has 143 heavy (non-hydrogen) atoms. The van der Waals surface area contributed by atoms with Crippen LogP contribution >= 0.6 is 167 Å². The molecule has 0 saturated heterocycles. The van der Waals surface area contributed by atoms with Crippen LogP contribution in [0.3, 0.4) is 0 Å². The second kappa shape index (κ2) is 35.7. The molecular formula is C128H71Br4Cl4NOS5. The van der Waals surface area contributed by atoms with Gasteiger partial charge in [0.15, 0.2) is 0 Å². The second-order valence-electron chi connectivity index (χ2n) is 36.4. The molecule has 21 aromatic carbocycles. The quantitative estimate of drug-likeness (QED) is 0.158. The molecule has 0 amide bonds. The summed E-state index contributed by atoms with van der Waals surface area (Å²) in [4.78, 5) is 2.41. The fourth-order valence-electron chi connectivity index (χ4n) is 22.6. The van der Waals surface area contributed by atoms with Gasteiger partial charge in [-0.05, 0) is 271 Å². The Kier molecular flexibility index (Phi) is 22.3. The van der Waals surface area contributed by atoms with Gasteiger partial charge in [0.25, 0.3) is 0 Å². The lowest BCUT2D eigenvalue weighted by molar-refractivity contribution is 0.670. The molecule has 6 aromatic heterocycles. The van der Waals surface area contributed by atoms with Crippen LogP contribution in [0, 0.1) is 0 Å². The van der Waals surface area contributed by atoms with E-state index in [2.05, 4.69) is 469 Å². The summed E-state index contributed by atoms with van der Waals surface area (Å²) in [5.74, 6) is 0. The number of fused-ring (bicyclic) bond motifs is 30. The van der Waals surface area contributed by atoms with Crippen LogP contribution in [0.25, 0.3) is 190 Å². The van der Waals surface area contributed by atoms with E-state index >= 15 is 0 Å². The molecule has 0 saturated carbocycles. The Labute approximate surface area is 897 Å². The van der Waals surface area contributed by atoms with Crippen molar-refractivity contribution < 1.29 is 4.42 Å². The highest BCUT2D eigenvalue weighted by Crippen LogP contribution is 2.66. The van der Waals surface area contributed by atoms with E-state index in [-0.39, 0.29) is 0 Å². The Morgan fingerprint density at radius 1 is 0.224 bits per heavy atom. The van der Waals surface area contributed by atoms with E-state index in [1.807, 2.05) is 87.0 Å². The number of anilines is 3. The van der Waals surface area contributed by atoms with Crippen molar-refractivity contribution in [3.05, 3.63) is 513 Å². The van der Waals surface area contributed by atoms with Crippen LogP contribution < -0.4 is 4.90 Å². The van der Waals surface area contributed by atoms with Crippen LogP contribution in [0.1, 0.15) is 44.5 Å². The zero-order valence-electron chi connectivity index (χ0n) is 75.4. The van der Waals surface area contributed by atoms with Gasteiger partial charge >= 0.3 is 0 Å². The first-order chi connectivity index (χ1) is 70.1. The topological polar surface area (TPSA) is 16.4 Å². The van der Waals surface area contributed by atoms with Gasteiger partial charge in [0.1, 0.15) is 11.2 Å². The monoisotopic (exact) mass is 2250 g/mol. The summed E-state index contributed by atoms with van der Waals surface area (Å²) < 4.78 is 23.6. The van der Waals surface area contributed by atoms with E-state index in [9.17, 15) is 0 Å². The van der Waals surface area contributed by atoms with Gasteiger partial charge in [-0.15, -0.1) is 56.7 Å². The summed E-state index contributed by atoms with van der Waals surface area (Å²) >= 11 is 51.5. The number of rotatable bonds is 7. The van der Waals surface area contributed by atoms with E-state index in [1.165, 1.54) is 185 Å². The highest BCUT2D eigenvalue weighted by Gasteiger charge is 2.53. The van der Waals surface area contributed by atoms with Crippen molar-refractivity contribution in [2.45, 2.75) is 10.8 Å². The van der Waals surface area contributed by atoms with Crippen LogP contribution in [0.5, 0.6) is 0 Å². The summed E-state index contributed by atoms with van der Waals surface area (Å²) in [6.45, 7) is 0. The minimum absolute atomic E-state index is 0.470. The first-order valence-electron chi connectivity index (χ1n) is 46.9. The number of furan rings is 1. The summed E-state index contributed by atoms with van der Waals surface area (Å²) in [6, 6.07) is 155. The molecule has 1 spiro atoms. The molecular weight excluding hydrogens is 2190 g/mol. The van der Waals surface area contributed by atoms with Gasteiger partial charge in [-0.25, -0.2) is 0 Å². The van der Waals surface area contributed by atoms with Crippen molar-refractivity contribution in [2.24, 2.45) is 0 Å². The molecule has 0 bridgehead atoms. The summed E-state index contributed by atoms with van der Waals surface area (Å²) in [6.07, 6.45) is 0. The van der Waals surface area contributed by atoms with Crippen molar-refractivity contribution >= 4 is 307 Å². The Morgan fingerprint density at radius 2 is 0.671 bits per heavy atom. The van der Waals surface area contributed by atoms with Crippen molar-refractivity contribution in [1.82, 2.24) is 0 Å². The maximum Gasteiger partial charge on any atom is 0.144 e. The van der Waals surface area contributed by atoms with Crippen LogP contribution in [-0.2, 0) is 10.8 Å². The Balaban J connectivity index is 0.0000000974. The second-order valence-corrected chi connectivity index (χ2v) is 47.0. The number of thiophene rings is 5. The number of hydrogen-bond acceptors (Lipinski definition) is 7. The lowest BCUT2D eigenvalue weighted by Crippen LogP contribution is -2.36. The van der Waals surface area contributed by atoms with E-state index in [0.717, 1.165) is 99.5 Å². The molecule has 680 valence electrons. The van der Waals surface area contributed by atoms with Crippen LogP contribution in [0.4, 0.5) is 17.1 Å². The lowest BCUT2D eigenvalue weighted by atomic mass is 9.64. The SMILES string of the molecule is Clc1cc(-c2ccc3c(c2)sc2cc(Br)ccc23)cc2c1-c1ccccc1C2(c1ccccc1)c1ccccc1.Clc1cc2c(cc1-c1ccc3sc4ccc(Br)cc4c3c1)sc1ccccc12.Clc1ccc(-c2ccc3sc4cccc(Br)c4c3c2)c2oc3ccccc3c12.Clc1cccc2c1-c1ccc(-c3ccc4c(c3)sc3ccc(Br)cc34)cc1C21c2ccccc2N(c2ccccc2)c2ccccc21. The van der Waals surface area contributed by atoms with Crippen LogP contribution in [-0.4, -0.2) is 0 Å². The van der Waals surface area contributed by atoms with Gasteiger partial charge < -0.3 is 9.32 Å². The third-order valence-corrected chi connectivity index (χ3v) is 37.8. The van der Waals surface area contributed by atoms with Crippen LogP contribution in [0.2, 0.25) is 20.1 Å². The molecule has 2 nitrogen and oxygen atoms in total. The van der Waals surface area contributed by atoms with Gasteiger partial charge in [0, 0.05) is 173 Å². The van der Waals surface area contributed by atoms with Crippen molar-refractivity contribution in [3.8, 4) is 66.8 Å². The van der Waals surface area contributed by atoms with E-state index < -0.39 is 10.8 Å². The standard InChI is InChI=1S/C43H25BrClNS.C37H22BrClS.C24H12BrClOS.C24H12BrClS2/c44-28-19-22-40-32(25-28)30-20-17-27(24-41(30)47-40)26-18-21-31-36(23-26)43(35-13-8-14-37(45)42(31)35)33-11-4-6-15-38(33)46(29-9-2-1-3-10-29)39-16-7-5-12-34(39)43;38-27-16-18-29-28-17-15-23(21-34(28)40-35(29)22-27)24-19-32-36(33(39)20-24)30-13-7-8-14-31(30)37(32,25-9-3-1-4-10-25)26-11-5-2-6-12-26;25-17-5-3-7-21-22(17)16-12-13(8-11-20(16)28-21)14-9-10-18(26)23-15-4-1-2-6-19(15)27-24(14)23;25-14-6-8-23-18(10-14)17-9-13(5-7-22(17)27-23)16-12-24-19(11-20(16)26)15-3-1-2-4-21(15)28-24/h1-25H;1-22H;2*1-12H. The molecule has 30 rings (SSSR count). The van der Waals surface area contributed by atoms with Gasteiger partial charge in [0.05, 0.1) is 27.2 Å². The third-order valence-electron chi connectivity index (χ3n) is 28.7. The molecule has 0 unspecified atom stereocenters. The summed E-state index contributed by atoms with van der Waals surface area (Å²) in [5.41, 5.74) is 28.0. The maximum absolute atomic E-state index is 7.25. The van der Waals surface area contributed by atoms with Crippen LogP contribution in [0.15, 0.2) is 453 Å².